The highest BCUT2D eigenvalue weighted by Gasteiger charge is 2.10. The van der Waals surface area contributed by atoms with Crippen molar-refractivity contribution in [2.45, 2.75) is 26.3 Å². The molecule has 1 aromatic rings. The van der Waals surface area contributed by atoms with Crippen molar-refractivity contribution in [1.82, 2.24) is 9.88 Å². The summed E-state index contributed by atoms with van der Waals surface area (Å²) in [5.74, 6) is 0.786. The maximum atomic E-state index is 5.71. The lowest BCUT2D eigenvalue weighted by atomic mass is 10.2. The number of nitrogens with two attached hydrogens (primary N) is 1. The van der Waals surface area contributed by atoms with Crippen LogP contribution in [0, 0.1) is 6.92 Å². The lowest BCUT2D eigenvalue weighted by molar-refractivity contribution is 0.390. The van der Waals surface area contributed by atoms with E-state index in [2.05, 4.69) is 36.2 Å². The average molecular weight is 266 g/mol. The topological polar surface area (TPSA) is 54.2 Å². The van der Waals surface area contributed by atoms with E-state index in [0.717, 1.165) is 30.0 Å². The van der Waals surface area contributed by atoms with Crippen LogP contribution in [0.4, 0.5) is 5.82 Å². The van der Waals surface area contributed by atoms with Crippen LogP contribution in [0.3, 0.4) is 0 Å². The fraction of sp³-hybridized carbons (Fsp3) is 0.538. The number of hydrogen-bond acceptors (Lipinski definition) is 4. The summed E-state index contributed by atoms with van der Waals surface area (Å²) < 4.78 is 0. The van der Waals surface area contributed by atoms with Crippen molar-refractivity contribution >= 4 is 23.0 Å². The Labute approximate surface area is 115 Å². The summed E-state index contributed by atoms with van der Waals surface area (Å²) in [5, 5.41) is 3.38. The molecule has 3 N–H and O–H groups in total. The molecule has 1 aromatic heterocycles. The summed E-state index contributed by atoms with van der Waals surface area (Å²) >= 11 is 5.04. The van der Waals surface area contributed by atoms with E-state index in [0.29, 0.717) is 11.0 Å². The maximum absolute atomic E-state index is 5.71. The van der Waals surface area contributed by atoms with Crippen molar-refractivity contribution in [1.29, 1.82) is 0 Å². The minimum atomic E-state index is 0.329. The Morgan fingerprint density at radius 3 is 2.72 bits per heavy atom. The number of rotatable bonds is 6. The zero-order valence-electron chi connectivity index (χ0n) is 11.5. The maximum Gasteiger partial charge on any atom is 0.136 e. The highest BCUT2D eigenvalue weighted by molar-refractivity contribution is 7.80. The fourth-order valence-corrected chi connectivity index (χ4v) is 1.79. The SMILES string of the molecule is Cc1ccc(C(N)=S)c(NC(C)CCN(C)C)n1. The Bertz CT molecular complexity index is 417. The van der Waals surface area contributed by atoms with Gasteiger partial charge < -0.3 is 16.0 Å². The fourth-order valence-electron chi connectivity index (χ4n) is 1.62. The van der Waals surface area contributed by atoms with Gasteiger partial charge in [0.05, 0.1) is 5.56 Å². The van der Waals surface area contributed by atoms with E-state index in [-0.39, 0.29) is 0 Å². The Morgan fingerprint density at radius 2 is 2.17 bits per heavy atom. The lowest BCUT2D eigenvalue weighted by Gasteiger charge is -2.19. The minimum Gasteiger partial charge on any atom is -0.389 e. The van der Waals surface area contributed by atoms with Gasteiger partial charge in [0.2, 0.25) is 0 Å². The quantitative estimate of drug-likeness (QED) is 0.769. The van der Waals surface area contributed by atoms with Gasteiger partial charge in [0.1, 0.15) is 10.8 Å². The van der Waals surface area contributed by atoms with E-state index < -0.39 is 0 Å². The number of nitrogens with zero attached hydrogens (tertiary/aromatic N) is 2. The van der Waals surface area contributed by atoms with E-state index in [1.165, 1.54) is 0 Å². The van der Waals surface area contributed by atoms with Crippen molar-refractivity contribution < 1.29 is 0 Å². The second kappa shape index (κ2) is 6.66. The first-order valence-corrected chi connectivity index (χ1v) is 6.49. The molecule has 0 bridgehead atoms. The van der Waals surface area contributed by atoms with Crippen LogP contribution < -0.4 is 11.1 Å². The number of thiocarbonyl (C=S) groups is 1. The molecule has 100 valence electrons. The van der Waals surface area contributed by atoms with Crippen LogP contribution in [0.1, 0.15) is 24.6 Å². The number of aryl methyl sites for hydroxylation is 1. The standard InChI is InChI=1S/C13H22N4S/c1-9-5-6-11(12(14)18)13(15-9)16-10(2)7-8-17(3)4/h5-6,10H,7-8H2,1-4H3,(H2,14,18)(H,15,16). The lowest BCUT2D eigenvalue weighted by Crippen LogP contribution is -2.25. The van der Waals surface area contributed by atoms with E-state index in [1.807, 2.05) is 19.1 Å². The predicted octanol–water partition coefficient (Wildman–Crippen LogP) is 1.78. The molecular weight excluding hydrogens is 244 g/mol. The molecule has 0 saturated carbocycles. The summed E-state index contributed by atoms with van der Waals surface area (Å²) in [6.07, 6.45) is 1.04. The molecule has 5 heteroatoms. The Balaban J connectivity index is 2.76. The van der Waals surface area contributed by atoms with Gasteiger partial charge >= 0.3 is 0 Å². The molecule has 1 unspecified atom stereocenters. The summed E-state index contributed by atoms with van der Waals surface area (Å²) in [7, 11) is 4.14. The average Bonchev–Trinajstić information content (AvgIpc) is 2.26. The molecule has 0 fully saturated rings. The van der Waals surface area contributed by atoms with Crippen LogP contribution in [0.2, 0.25) is 0 Å². The second-order valence-electron chi connectivity index (χ2n) is 4.85. The van der Waals surface area contributed by atoms with E-state index in [4.69, 9.17) is 18.0 Å². The van der Waals surface area contributed by atoms with E-state index in [9.17, 15) is 0 Å². The predicted molar refractivity (Wildman–Crippen MR) is 81.1 cm³/mol. The number of nitrogens with one attached hydrogen (secondary N) is 1. The Kier molecular flexibility index (Phi) is 5.50. The highest BCUT2D eigenvalue weighted by atomic mass is 32.1. The van der Waals surface area contributed by atoms with Crippen LogP contribution in [0.5, 0.6) is 0 Å². The first kappa shape index (κ1) is 14.9. The molecule has 1 heterocycles. The first-order valence-electron chi connectivity index (χ1n) is 6.09. The summed E-state index contributed by atoms with van der Waals surface area (Å²) in [6.45, 7) is 5.12. The van der Waals surface area contributed by atoms with Crippen LogP contribution in [-0.4, -0.2) is 41.6 Å². The van der Waals surface area contributed by atoms with Gasteiger partial charge in [-0.15, -0.1) is 0 Å². The van der Waals surface area contributed by atoms with Gasteiger partial charge in [-0.05, 0) is 53.0 Å². The van der Waals surface area contributed by atoms with Crippen LogP contribution in [0.15, 0.2) is 12.1 Å². The number of hydrogen-bond donors (Lipinski definition) is 2. The first-order chi connectivity index (χ1) is 8.40. The van der Waals surface area contributed by atoms with Crippen LogP contribution >= 0.6 is 12.2 Å². The third kappa shape index (κ3) is 4.58. The van der Waals surface area contributed by atoms with Crippen molar-refractivity contribution in [3.8, 4) is 0 Å². The monoisotopic (exact) mass is 266 g/mol. The normalized spacial score (nSPS) is 12.5. The number of pyridine rings is 1. The van der Waals surface area contributed by atoms with Gasteiger partial charge in [-0.25, -0.2) is 4.98 Å². The van der Waals surface area contributed by atoms with Gasteiger partial charge in [-0.3, -0.25) is 0 Å². The molecule has 0 aliphatic carbocycles. The van der Waals surface area contributed by atoms with Gasteiger partial charge in [0.15, 0.2) is 0 Å². The Morgan fingerprint density at radius 1 is 1.50 bits per heavy atom. The van der Waals surface area contributed by atoms with Gasteiger partial charge in [-0.2, -0.15) is 0 Å². The molecule has 0 aromatic carbocycles. The van der Waals surface area contributed by atoms with Gasteiger partial charge in [-0.1, -0.05) is 12.2 Å². The largest absolute Gasteiger partial charge is 0.389 e. The molecule has 1 atom stereocenters. The molecule has 0 amide bonds. The molecule has 0 radical (unpaired) electrons. The van der Waals surface area contributed by atoms with Crippen LogP contribution in [-0.2, 0) is 0 Å². The van der Waals surface area contributed by atoms with Crippen molar-refractivity contribution in [3.05, 3.63) is 23.4 Å². The van der Waals surface area contributed by atoms with Crippen molar-refractivity contribution in [2.24, 2.45) is 5.73 Å². The third-order valence-electron chi connectivity index (χ3n) is 2.69. The molecule has 0 aliphatic rings. The molecule has 0 aliphatic heterocycles. The molecule has 0 saturated heterocycles. The number of aromatic nitrogens is 1. The molecule has 0 spiro atoms. The Hall–Kier alpha value is -1.20. The molecule has 4 nitrogen and oxygen atoms in total. The zero-order chi connectivity index (χ0) is 13.7. The van der Waals surface area contributed by atoms with E-state index in [1.54, 1.807) is 0 Å². The molecule has 1 rings (SSSR count). The summed E-state index contributed by atoms with van der Waals surface area (Å²) in [4.78, 5) is 7.01. The zero-order valence-corrected chi connectivity index (χ0v) is 12.3. The summed E-state index contributed by atoms with van der Waals surface area (Å²) in [6, 6.07) is 4.17. The van der Waals surface area contributed by atoms with Crippen molar-refractivity contribution in [3.63, 3.8) is 0 Å². The highest BCUT2D eigenvalue weighted by Crippen LogP contribution is 2.15. The summed E-state index contributed by atoms with van der Waals surface area (Å²) in [5.41, 5.74) is 7.47. The number of anilines is 1. The van der Waals surface area contributed by atoms with Gasteiger partial charge in [0.25, 0.3) is 0 Å². The van der Waals surface area contributed by atoms with E-state index >= 15 is 0 Å². The smallest absolute Gasteiger partial charge is 0.136 e. The minimum absolute atomic E-state index is 0.329. The van der Waals surface area contributed by atoms with Gasteiger partial charge in [0, 0.05) is 11.7 Å². The van der Waals surface area contributed by atoms with Crippen molar-refractivity contribution in [2.75, 3.05) is 26.0 Å². The van der Waals surface area contributed by atoms with Crippen LogP contribution in [0.25, 0.3) is 0 Å². The third-order valence-corrected chi connectivity index (χ3v) is 2.91. The molecule has 18 heavy (non-hydrogen) atoms. The molecular formula is C13H22N4S. The second-order valence-corrected chi connectivity index (χ2v) is 5.29.